The third-order valence-electron chi connectivity index (χ3n) is 6.51. The molecule has 3 heterocycles. The number of Topliss-reactive ketones (excluding diaryl/α,β-unsaturated/α-hetero) is 1. The number of ether oxygens (including phenoxy) is 1. The summed E-state index contributed by atoms with van der Waals surface area (Å²) in [5, 5.41) is 0. The summed E-state index contributed by atoms with van der Waals surface area (Å²) in [7, 11) is 0. The number of piperidine rings is 1. The van der Waals surface area contributed by atoms with E-state index in [0.29, 0.717) is 43.7 Å². The summed E-state index contributed by atoms with van der Waals surface area (Å²) in [5.41, 5.74) is 4.00. The van der Waals surface area contributed by atoms with Crippen molar-refractivity contribution in [3.05, 3.63) is 83.2 Å². The minimum absolute atomic E-state index is 0.0307. The highest BCUT2D eigenvalue weighted by Gasteiger charge is 2.44. The van der Waals surface area contributed by atoms with Crippen LogP contribution in [0.15, 0.2) is 60.9 Å². The maximum Gasteiger partial charge on any atom is 0.253 e. The number of rotatable bonds is 2. The van der Waals surface area contributed by atoms with E-state index in [2.05, 4.69) is 0 Å². The summed E-state index contributed by atoms with van der Waals surface area (Å²) in [4.78, 5) is 27.8. The van der Waals surface area contributed by atoms with Crippen LogP contribution in [-0.2, 0) is 0 Å². The van der Waals surface area contributed by atoms with Crippen molar-refractivity contribution >= 4 is 11.7 Å². The molecule has 0 unspecified atom stereocenters. The molecule has 0 saturated carbocycles. The van der Waals surface area contributed by atoms with Gasteiger partial charge in [-0.1, -0.05) is 6.07 Å². The second kappa shape index (κ2) is 7.41. The van der Waals surface area contributed by atoms with Crippen molar-refractivity contribution in [3.63, 3.8) is 0 Å². The first-order chi connectivity index (χ1) is 14.9. The van der Waals surface area contributed by atoms with E-state index in [-0.39, 0.29) is 11.7 Å². The minimum atomic E-state index is -0.501. The fourth-order valence-corrected chi connectivity index (χ4v) is 4.88. The molecule has 31 heavy (non-hydrogen) atoms. The van der Waals surface area contributed by atoms with Crippen molar-refractivity contribution in [1.82, 2.24) is 9.47 Å². The van der Waals surface area contributed by atoms with Crippen LogP contribution in [0.25, 0.3) is 5.69 Å². The molecular weight excluding hydrogens is 388 g/mol. The Labute approximate surface area is 182 Å². The maximum atomic E-state index is 13.0. The lowest BCUT2D eigenvalue weighted by atomic mass is 9.81. The van der Waals surface area contributed by atoms with Crippen LogP contribution in [0, 0.1) is 13.8 Å². The van der Waals surface area contributed by atoms with Gasteiger partial charge in [0.25, 0.3) is 5.91 Å². The van der Waals surface area contributed by atoms with Gasteiger partial charge in [0, 0.05) is 49.6 Å². The molecule has 1 aromatic heterocycles. The van der Waals surface area contributed by atoms with Crippen LogP contribution in [0.5, 0.6) is 5.75 Å². The fourth-order valence-electron chi connectivity index (χ4n) is 4.88. The molecule has 5 heteroatoms. The Morgan fingerprint density at radius 3 is 2.35 bits per heavy atom. The van der Waals surface area contributed by atoms with Gasteiger partial charge in [0.1, 0.15) is 11.4 Å². The number of carbonyl (C=O) groups excluding carboxylic acids is 2. The number of likely N-dealkylation sites (tertiary alicyclic amines) is 1. The van der Waals surface area contributed by atoms with Crippen LogP contribution in [0.3, 0.4) is 0 Å². The van der Waals surface area contributed by atoms with Gasteiger partial charge in [-0.05, 0) is 67.4 Å². The van der Waals surface area contributed by atoms with E-state index in [1.807, 2.05) is 84.2 Å². The van der Waals surface area contributed by atoms with Gasteiger partial charge in [0.15, 0.2) is 5.78 Å². The first-order valence-corrected chi connectivity index (χ1v) is 10.8. The second-order valence-corrected chi connectivity index (χ2v) is 8.77. The number of benzene rings is 2. The van der Waals surface area contributed by atoms with E-state index in [0.717, 1.165) is 22.4 Å². The van der Waals surface area contributed by atoms with E-state index in [1.54, 1.807) is 0 Å². The molecule has 2 aromatic carbocycles. The number of aromatic nitrogens is 1. The molecule has 1 fully saturated rings. The van der Waals surface area contributed by atoms with Crippen LogP contribution in [-0.4, -0.2) is 39.8 Å². The molecule has 0 radical (unpaired) electrons. The van der Waals surface area contributed by atoms with Crippen molar-refractivity contribution in [1.29, 1.82) is 0 Å². The highest BCUT2D eigenvalue weighted by molar-refractivity contribution is 6.02. The van der Waals surface area contributed by atoms with E-state index >= 15 is 0 Å². The quantitative estimate of drug-likeness (QED) is 0.609. The van der Waals surface area contributed by atoms with Crippen LogP contribution < -0.4 is 4.74 Å². The topological polar surface area (TPSA) is 51.5 Å². The second-order valence-electron chi connectivity index (χ2n) is 8.77. The van der Waals surface area contributed by atoms with Crippen molar-refractivity contribution < 1.29 is 14.3 Å². The normalized spacial score (nSPS) is 17.4. The van der Waals surface area contributed by atoms with Gasteiger partial charge in [0.2, 0.25) is 0 Å². The van der Waals surface area contributed by atoms with Crippen LogP contribution >= 0.6 is 0 Å². The highest BCUT2D eigenvalue weighted by Crippen LogP contribution is 2.41. The molecule has 158 valence electrons. The molecule has 3 aromatic rings. The molecule has 1 spiro atoms. The monoisotopic (exact) mass is 414 g/mol. The van der Waals surface area contributed by atoms with Gasteiger partial charge in [-0.15, -0.1) is 0 Å². The summed E-state index contributed by atoms with van der Waals surface area (Å²) in [6.07, 6.45) is 5.68. The average molecular weight is 415 g/mol. The lowest BCUT2D eigenvalue weighted by molar-refractivity contribution is -0.00580. The van der Waals surface area contributed by atoms with Crippen molar-refractivity contribution in [2.24, 2.45) is 0 Å². The largest absolute Gasteiger partial charge is 0.486 e. The Bertz CT molecular complexity index is 1140. The molecule has 0 atom stereocenters. The molecule has 5 nitrogen and oxygen atoms in total. The van der Waals surface area contributed by atoms with Crippen LogP contribution in [0.4, 0.5) is 0 Å². The number of hydrogen-bond acceptors (Lipinski definition) is 3. The van der Waals surface area contributed by atoms with Gasteiger partial charge in [-0.25, -0.2) is 0 Å². The van der Waals surface area contributed by atoms with Crippen LogP contribution in [0.2, 0.25) is 0 Å². The standard InChI is InChI=1S/C26H26N2O3/c1-18-15-19(2)24-22(29)17-26(31-23(24)16-18)9-13-28(14-10-26)25(30)20-5-7-21(8-6-20)27-11-3-4-12-27/h3-8,11-12,15-16H,9-10,13-14,17H2,1-2H3. The SMILES string of the molecule is Cc1cc(C)c2c(c1)OC1(CCN(C(=O)c3ccc(-n4cccc4)cc3)CC1)CC2=O. The first kappa shape index (κ1) is 19.6. The minimum Gasteiger partial charge on any atom is -0.486 e. The number of nitrogens with zero attached hydrogens (tertiary/aromatic N) is 2. The predicted molar refractivity (Wildman–Crippen MR) is 119 cm³/mol. The lowest BCUT2D eigenvalue weighted by Gasteiger charge is -2.44. The van der Waals surface area contributed by atoms with Crippen molar-refractivity contribution in [3.8, 4) is 11.4 Å². The molecule has 1 saturated heterocycles. The summed E-state index contributed by atoms with van der Waals surface area (Å²) in [6, 6.07) is 15.6. The third kappa shape index (κ3) is 3.54. The Kier molecular flexibility index (Phi) is 4.69. The van der Waals surface area contributed by atoms with E-state index in [4.69, 9.17) is 4.74 Å². The zero-order chi connectivity index (χ0) is 21.6. The Hall–Kier alpha value is -3.34. The molecule has 2 aliphatic rings. The van der Waals surface area contributed by atoms with E-state index in [1.165, 1.54) is 0 Å². The lowest BCUT2D eigenvalue weighted by Crippen LogP contribution is -2.52. The van der Waals surface area contributed by atoms with Crippen LogP contribution in [0.1, 0.15) is 51.1 Å². The highest BCUT2D eigenvalue weighted by atomic mass is 16.5. The third-order valence-corrected chi connectivity index (χ3v) is 6.51. The number of amides is 1. The van der Waals surface area contributed by atoms with Crippen molar-refractivity contribution in [2.75, 3.05) is 13.1 Å². The van der Waals surface area contributed by atoms with E-state index < -0.39 is 5.60 Å². The fraction of sp³-hybridized carbons (Fsp3) is 0.308. The smallest absolute Gasteiger partial charge is 0.253 e. The van der Waals surface area contributed by atoms with Crippen molar-refractivity contribution in [2.45, 2.75) is 38.7 Å². The number of hydrogen-bond donors (Lipinski definition) is 0. The summed E-state index contributed by atoms with van der Waals surface area (Å²) in [6.45, 7) is 5.16. The van der Waals surface area contributed by atoms with Gasteiger partial charge in [0.05, 0.1) is 12.0 Å². The first-order valence-electron chi connectivity index (χ1n) is 10.8. The van der Waals surface area contributed by atoms with E-state index in [9.17, 15) is 9.59 Å². The van der Waals surface area contributed by atoms with Gasteiger partial charge < -0.3 is 14.2 Å². The summed E-state index contributed by atoms with van der Waals surface area (Å²) in [5.74, 6) is 0.886. The number of aryl methyl sites for hydroxylation is 2. The van der Waals surface area contributed by atoms with Gasteiger partial charge >= 0.3 is 0 Å². The Balaban J connectivity index is 1.29. The molecule has 0 aliphatic carbocycles. The molecule has 1 amide bonds. The molecule has 0 N–H and O–H groups in total. The Morgan fingerprint density at radius 2 is 1.68 bits per heavy atom. The van der Waals surface area contributed by atoms with Gasteiger partial charge in [-0.2, -0.15) is 0 Å². The number of fused-ring (bicyclic) bond motifs is 1. The molecule has 2 aliphatic heterocycles. The summed E-state index contributed by atoms with van der Waals surface area (Å²) >= 11 is 0. The van der Waals surface area contributed by atoms with Gasteiger partial charge in [-0.3, -0.25) is 9.59 Å². The number of ketones is 1. The Morgan fingerprint density at radius 1 is 1.00 bits per heavy atom. The molecular formula is C26H26N2O3. The maximum absolute atomic E-state index is 13.0. The zero-order valence-corrected chi connectivity index (χ0v) is 17.9. The predicted octanol–water partition coefficient (Wildman–Crippen LogP) is 4.73. The summed E-state index contributed by atoms with van der Waals surface area (Å²) < 4.78 is 8.43. The zero-order valence-electron chi connectivity index (χ0n) is 17.9. The molecule has 5 rings (SSSR count). The average Bonchev–Trinajstić information content (AvgIpc) is 3.28. The molecule has 0 bridgehead atoms. The number of carbonyl (C=O) groups is 2.